The van der Waals surface area contributed by atoms with Gasteiger partial charge in [-0.25, -0.2) is 0 Å². The van der Waals surface area contributed by atoms with Crippen molar-refractivity contribution in [2.75, 3.05) is 5.32 Å². The number of carbonyl (C=O) groups excluding carboxylic acids is 1. The van der Waals surface area contributed by atoms with Gasteiger partial charge >= 0.3 is 0 Å². The first kappa shape index (κ1) is 8.19. The Labute approximate surface area is 79.4 Å². The van der Waals surface area contributed by atoms with Crippen molar-refractivity contribution in [1.82, 2.24) is 4.98 Å². The number of hydrogen-bond acceptors (Lipinski definition) is 3. The second kappa shape index (κ2) is 3.14. The predicted molar refractivity (Wildman–Crippen MR) is 53.9 cm³/mol. The minimum Gasteiger partial charge on any atom is -0.325 e. The summed E-state index contributed by atoms with van der Waals surface area (Å²) in [5.74, 6) is -0.0523. The smallest absolute Gasteiger partial charge is 0.221 e. The summed E-state index contributed by atoms with van der Waals surface area (Å²) < 4.78 is 1.14. The zero-order chi connectivity index (χ0) is 9.26. The molecule has 0 bridgehead atoms. The molecule has 0 aliphatic rings. The molecule has 1 N–H and O–H groups in total. The van der Waals surface area contributed by atoms with Crippen molar-refractivity contribution >= 4 is 33.0 Å². The molecule has 4 heteroatoms. The lowest BCUT2D eigenvalue weighted by Gasteiger charge is -1.97. The third kappa shape index (κ3) is 1.53. The van der Waals surface area contributed by atoms with Crippen LogP contribution in [0.25, 0.3) is 10.1 Å². The predicted octanol–water partition coefficient (Wildman–Crippen LogP) is 2.25. The molecule has 3 nitrogen and oxygen atoms in total. The number of fused-ring (bicyclic) bond motifs is 1. The fourth-order valence-corrected chi connectivity index (χ4v) is 2.02. The highest BCUT2D eigenvalue weighted by Gasteiger charge is 2.03. The fourth-order valence-electron chi connectivity index (χ4n) is 1.16. The van der Waals surface area contributed by atoms with Crippen LogP contribution >= 0.6 is 11.3 Å². The second-order valence-electron chi connectivity index (χ2n) is 2.70. The van der Waals surface area contributed by atoms with E-state index in [1.54, 1.807) is 23.7 Å². The van der Waals surface area contributed by atoms with Crippen molar-refractivity contribution in [3.63, 3.8) is 0 Å². The zero-order valence-corrected chi connectivity index (χ0v) is 7.89. The number of thiophene rings is 1. The lowest BCUT2D eigenvalue weighted by Crippen LogP contribution is -2.04. The molecule has 0 aliphatic carbocycles. The normalized spacial score (nSPS) is 10.2. The van der Waals surface area contributed by atoms with Gasteiger partial charge in [-0.3, -0.25) is 9.78 Å². The molecule has 2 rings (SSSR count). The number of carbonyl (C=O) groups is 1. The second-order valence-corrected chi connectivity index (χ2v) is 3.61. The first-order valence-electron chi connectivity index (χ1n) is 3.86. The average molecular weight is 192 g/mol. The Kier molecular flexibility index (Phi) is 1.98. The summed E-state index contributed by atoms with van der Waals surface area (Å²) in [5.41, 5.74) is 0.848. The van der Waals surface area contributed by atoms with Gasteiger partial charge in [0.25, 0.3) is 0 Å². The summed E-state index contributed by atoms with van der Waals surface area (Å²) in [4.78, 5) is 14.8. The van der Waals surface area contributed by atoms with Crippen LogP contribution in [0.3, 0.4) is 0 Å². The molecule has 0 spiro atoms. The van der Waals surface area contributed by atoms with Crippen molar-refractivity contribution in [1.29, 1.82) is 0 Å². The van der Waals surface area contributed by atoms with E-state index >= 15 is 0 Å². The third-order valence-corrected chi connectivity index (χ3v) is 2.65. The van der Waals surface area contributed by atoms with Crippen molar-refractivity contribution < 1.29 is 4.79 Å². The van der Waals surface area contributed by atoms with E-state index in [0.29, 0.717) is 0 Å². The summed E-state index contributed by atoms with van der Waals surface area (Å²) >= 11 is 1.60. The van der Waals surface area contributed by atoms with Crippen LogP contribution in [0.15, 0.2) is 23.8 Å². The van der Waals surface area contributed by atoms with Crippen LogP contribution in [-0.4, -0.2) is 10.9 Å². The largest absolute Gasteiger partial charge is 0.325 e. The number of nitrogens with one attached hydrogen (secondary N) is 1. The van der Waals surface area contributed by atoms with Gasteiger partial charge in [0.05, 0.1) is 5.69 Å². The number of rotatable bonds is 1. The van der Waals surface area contributed by atoms with Crippen molar-refractivity contribution in [2.45, 2.75) is 6.92 Å². The van der Waals surface area contributed by atoms with E-state index in [1.165, 1.54) is 6.92 Å². The van der Waals surface area contributed by atoms with E-state index in [2.05, 4.69) is 10.3 Å². The molecule has 2 aromatic rings. The standard InChI is InChI=1S/C9H8N2OS/c1-6(12)11-8-5-13-9-2-3-10-4-7(8)9/h2-5H,1H3,(H,11,12). The van der Waals surface area contributed by atoms with Gasteiger partial charge in [0.15, 0.2) is 0 Å². The van der Waals surface area contributed by atoms with Crippen molar-refractivity contribution in [3.05, 3.63) is 23.8 Å². The molecule has 0 fully saturated rings. The molecular weight excluding hydrogens is 184 g/mol. The Bertz CT molecular complexity index is 450. The first-order valence-corrected chi connectivity index (χ1v) is 4.74. The van der Waals surface area contributed by atoms with Gasteiger partial charge < -0.3 is 5.32 Å². The molecule has 0 atom stereocenters. The maximum atomic E-state index is 10.8. The topological polar surface area (TPSA) is 42.0 Å². The summed E-state index contributed by atoms with van der Waals surface area (Å²) in [7, 11) is 0. The molecule has 66 valence electrons. The van der Waals surface area contributed by atoms with E-state index in [-0.39, 0.29) is 5.91 Å². The highest BCUT2D eigenvalue weighted by molar-refractivity contribution is 7.17. The van der Waals surface area contributed by atoms with Crippen LogP contribution in [0, 0.1) is 0 Å². The summed E-state index contributed by atoms with van der Waals surface area (Å²) in [6, 6.07) is 1.94. The Morgan fingerprint density at radius 3 is 3.23 bits per heavy atom. The molecular formula is C9H8N2OS. The van der Waals surface area contributed by atoms with Gasteiger partial charge in [0.2, 0.25) is 5.91 Å². The number of amides is 1. The lowest BCUT2D eigenvalue weighted by molar-refractivity contribution is -0.114. The molecule has 0 saturated heterocycles. The first-order chi connectivity index (χ1) is 6.27. The molecule has 0 aliphatic heterocycles. The number of anilines is 1. The summed E-state index contributed by atoms with van der Waals surface area (Å²) in [5, 5.41) is 5.69. The quantitative estimate of drug-likeness (QED) is 0.753. The molecule has 13 heavy (non-hydrogen) atoms. The van der Waals surface area contributed by atoms with Crippen LogP contribution in [-0.2, 0) is 4.79 Å². The number of pyridine rings is 1. The van der Waals surface area contributed by atoms with E-state index in [9.17, 15) is 4.79 Å². The minimum absolute atomic E-state index is 0.0523. The SMILES string of the molecule is CC(=O)Nc1csc2ccncc12. The molecule has 2 aromatic heterocycles. The Balaban J connectivity index is 2.51. The highest BCUT2D eigenvalue weighted by atomic mass is 32.1. The van der Waals surface area contributed by atoms with Gasteiger partial charge in [-0.05, 0) is 6.07 Å². The average Bonchev–Trinajstić information content (AvgIpc) is 2.48. The molecule has 2 heterocycles. The van der Waals surface area contributed by atoms with Gasteiger partial charge in [-0.2, -0.15) is 0 Å². The Morgan fingerprint density at radius 2 is 2.46 bits per heavy atom. The molecule has 0 saturated carbocycles. The van der Waals surface area contributed by atoms with Crippen LogP contribution < -0.4 is 5.32 Å². The number of hydrogen-bond donors (Lipinski definition) is 1. The number of nitrogens with zero attached hydrogens (tertiary/aromatic N) is 1. The third-order valence-electron chi connectivity index (χ3n) is 1.69. The van der Waals surface area contributed by atoms with E-state index in [4.69, 9.17) is 0 Å². The van der Waals surface area contributed by atoms with Gasteiger partial charge in [0.1, 0.15) is 0 Å². The van der Waals surface area contributed by atoms with Crippen LogP contribution in [0.2, 0.25) is 0 Å². The van der Waals surface area contributed by atoms with Gasteiger partial charge in [-0.15, -0.1) is 11.3 Å². The molecule has 1 amide bonds. The number of aromatic nitrogens is 1. The maximum absolute atomic E-state index is 10.8. The Hall–Kier alpha value is -1.42. The van der Waals surface area contributed by atoms with Gasteiger partial charge in [0, 0.05) is 34.8 Å². The van der Waals surface area contributed by atoms with Crippen molar-refractivity contribution in [2.24, 2.45) is 0 Å². The van der Waals surface area contributed by atoms with Crippen molar-refractivity contribution in [3.8, 4) is 0 Å². The minimum atomic E-state index is -0.0523. The highest BCUT2D eigenvalue weighted by Crippen LogP contribution is 2.28. The van der Waals surface area contributed by atoms with Crippen LogP contribution in [0.4, 0.5) is 5.69 Å². The molecule has 0 radical (unpaired) electrons. The summed E-state index contributed by atoms with van der Waals surface area (Å²) in [6.07, 6.45) is 3.51. The van der Waals surface area contributed by atoms with E-state index < -0.39 is 0 Å². The zero-order valence-electron chi connectivity index (χ0n) is 7.07. The van der Waals surface area contributed by atoms with E-state index in [1.807, 2.05) is 11.4 Å². The van der Waals surface area contributed by atoms with Gasteiger partial charge in [-0.1, -0.05) is 0 Å². The fraction of sp³-hybridized carbons (Fsp3) is 0.111. The van der Waals surface area contributed by atoms with Crippen LogP contribution in [0.1, 0.15) is 6.92 Å². The Morgan fingerprint density at radius 1 is 1.62 bits per heavy atom. The maximum Gasteiger partial charge on any atom is 0.221 e. The van der Waals surface area contributed by atoms with Crippen LogP contribution in [0.5, 0.6) is 0 Å². The monoisotopic (exact) mass is 192 g/mol. The lowest BCUT2D eigenvalue weighted by atomic mass is 10.3. The molecule has 0 unspecified atom stereocenters. The molecule has 0 aromatic carbocycles. The summed E-state index contributed by atoms with van der Waals surface area (Å²) in [6.45, 7) is 1.50. The van der Waals surface area contributed by atoms with E-state index in [0.717, 1.165) is 15.8 Å².